The first-order chi connectivity index (χ1) is 12.3. The van der Waals surface area contributed by atoms with Gasteiger partial charge in [0.1, 0.15) is 12.0 Å². The molecule has 7 heteroatoms. The number of amides is 1. The molecule has 0 aliphatic carbocycles. The van der Waals surface area contributed by atoms with E-state index in [0.717, 1.165) is 19.6 Å². The van der Waals surface area contributed by atoms with Crippen molar-refractivity contribution in [1.82, 2.24) is 24.8 Å². The number of pyridine rings is 1. The number of ether oxygens (including phenoxy) is 1. The van der Waals surface area contributed by atoms with Gasteiger partial charge in [-0.2, -0.15) is 0 Å². The number of rotatable bonds is 3. The van der Waals surface area contributed by atoms with E-state index in [4.69, 9.17) is 4.74 Å². The Morgan fingerprint density at radius 1 is 1.20 bits per heavy atom. The number of carbonyl (C=O) groups excluding carboxylic acids is 1. The highest BCUT2D eigenvalue weighted by molar-refractivity contribution is 5.92. The standard InChI is InChI=1S/C18H21N5O2/c24-18(16-3-5-20-13-21-16)23-11-15-10-22(6-7-25-17(15)12-23)9-14-2-1-4-19-8-14/h1-5,8,13,15,17H,6-7,9-12H2/t15-,17+/m1/s1. The van der Waals surface area contributed by atoms with Crippen molar-refractivity contribution in [3.8, 4) is 0 Å². The van der Waals surface area contributed by atoms with Gasteiger partial charge in [0.25, 0.3) is 5.91 Å². The summed E-state index contributed by atoms with van der Waals surface area (Å²) < 4.78 is 6.03. The largest absolute Gasteiger partial charge is 0.375 e. The van der Waals surface area contributed by atoms with E-state index in [9.17, 15) is 4.79 Å². The second kappa shape index (κ2) is 7.25. The molecule has 2 saturated heterocycles. The lowest BCUT2D eigenvalue weighted by molar-refractivity contribution is 0.0482. The average molecular weight is 339 g/mol. The third kappa shape index (κ3) is 3.67. The molecule has 0 bridgehead atoms. The van der Waals surface area contributed by atoms with Gasteiger partial charge < -0.3 is 9.64 Å². The van der Waals surface area contributed by atoms with Gasteiger partial charge in [-0.25, -0.2) is 9.97 Å². The number of likely N-dealkylation sites (tertiary alicyclic amines) is 1. The van der Waals surface area contributed by atoms with E-state index >= 15 is 0 Å². The molecule has 0 radical (unpaired) electrons. The average Bonchev–Trinajstić information content (AvgIpc) is 2.96. The van der Waals surface area contributed by atoms with Gasteiger partial charge >= 0.3 is 0 Å². The second-order valence-electron chi connectivity index (χ2n) is 6.57. The summed E-state index contributed by atoms with van der Waals surface area (Å²) in [6.07, 6.45) is 6.81. The van der Waals surface area contributed by atoms with Crippen molar-refractivity contribution in [2.24, 2.45) is 5.92 Å². The molecule has 7 nitrogen and oxygen atoms in total. The predicted molar refractivity (Wildman–Crippen MR) is 90.7 cm³/mol. The van der Waals surface area contributed by atoms with Gasteiger partial charge in [-0.3, -0.25) is 14.7 Å². The zero-order valence-corrected chi connectivity index (χ0v) is 14.0. The molecule has 25 heavy (non-hydrogen) atoms. The zero-order valence-electron chi connectivity index (χ0n) is 14.0. The van der Waals surface area contributed by atoms with Crippen LogP contribution in [0.3, 0.4) is 0 Å². The molecule has 0 N–H and O–H groups in total. The lowest BCUT2D eigenvalue weighted by Crippen LogP contribution is -2.34. The fourth-order valence-corrected chi connectivity index (χ4v) is 3.60. The minimum Gasteiger partial charge on any atom is -0.375 e. The summed E-state index contributed by atoms with van der Waals surface area (Å²) in [5.74, 6) is 0.280. The van der Waals surface area contributed by atoms with E-state index < -0.39 is 0 Å². The maximum absolute atomic E-state index is 12.6. The fraction of sp³-hybridized carbons (Fsp3) is 0.444. The Hall–Kier alpha value is -2.38. The normalized spacial score (nSPS) is 23.9. The molecule has 4 heterocycles. The smallest absolute Gasteiger partial charge is 0.272 e. The summed E-state index contributed by atoms with van der Waals surface area (Å²) in [4.78, 5) is 29.0. The van der Waals surface area contributed by atoms with E-state index in [-0.39, 0.29) is 12.0 Å². The van der Waals surface area contributed by atoms with Crippen molar-refractivity contribution in [3.63, 3.8) is 0 Å². The maximum Gasteiger partial charge on any atom is 0.272 e. The van der Waals surface area contributed by atoms with Crippen LogP contribution in [0.4, 0.5) is 0 Å². The highest BCUT2D eigenvalue weighted by Crippen LogP contribution is 2.25. The van der Waals surface area contributed by atoms with Gasteiger partial charge in [0.05, 0.1) is 12.7 Å². The molecule has 2 aliphatic rings. The minimum atomic E-state index is -0.0436. The quantitative estimate of drug-likeness (QED) is 0.825. The lowest BCUT2D eigenvalue weighted by Gasteiger charge is -2.23. The molecular formula is C18H21N5O2. The minimum absolute atomic E-state index is 0.0436. The van der Waals surface area contributed by atoms with Crippen molar-refractivity contribution in [2.45, 2.75) is 12.6 Å². The first-order valence-corrected chi connectivity index (χ1v) is 8.58. The van der Waals surface area contributed by atoms with Crippen LogP contribution in [-0.2, 0) is 11.3 Å². The molecule has 0 saturated carbocycles. The summed E-state index contributed by atoms with van der Waals surface area (Å²) in [5, 5.41) is 0. The molecule has 4 rings (SSSR count). The summed E-state index contributed by atoms with van der Waals surface area (Å²) in [7, 11) is 0. The molecule has 1 amide bonds. The monoisotopic (exact) mass is 339 g/mol. The summed E-state index contributed by atoms with van der Waals surface area (Å²) >= 11 is 0. The number of nitrogens with zero attached hydrogens (tertiary/aromatic N) is 5. The van der Waals surface area contributed by atoms with Gasteiger partial charge in [-0.05, 0) is 17.7 Å². The molecule has 2 fully saturated rings. The third-order valence-electron chi connectivity index (χ3n) is 4.83. The Labute approximate surface area is 146 Å². The molecule has 2 aromatic rings. The van der Waals surface area contributed by atoms with Crippen LogP contribution in [0, 0.1) is 5.92 Å². The fourth-order valence-electron chi connectivity index (χ4n) is 3.60. The van der Waals surface area contributed by atoms with Crippen molar-refractivity contribution in [1.29, 1.82) is 0 Å². The van der Waals surface area contributed by atoms with Crippen LogP contribution in [-0.4, -0.2) is 69.5 Å². The van der Waals surface area contributed by atoms with Crippen molar-refractivity contribution in [3.05, 3.63) is 54.4 Å². The first kappa shape index (κ1) is 16.1. The molecule has 2 aliphatic heterocycles. The summed E-state index contributed by atoms with van der Waals surface area (Å²) in [6.45, 7) is 4.72. The van der Waals surface area contributed by atoms with E-state index in [0.29, 0.717) is 31.3 Å². The topological polar surface area (TPSA) is 71.5 Å². The predicted octanol–water partition coefficient (Wildman–Crippen LogP) is 0.845. The molecule has 0 spiro atoms. The number of hydrogen-bond donors (Lipinski definition) is 0. The molecule has 130 valence electrons. The molecule has 2 atom stereocenters. The highest BCUT2D eigenvalue weighted by atomic mass is 16.5. The Morgan fingerprint density at radius 2 is 2.16 bits per heavy atom. The van der Waals surface area contributed by atoms with Crippen LogP contribution < -0.4 is 0 Å². The number of fused-ring (bicyclic) bond motifs is 1. The van der Waals surface area contributed by atoms with Crippen LogP contribution in [0.2, 0.25) is 0 Å². The Kier molecular flexibility index (Phi) is 4.67. The SMILES string of the molecule is O=C(c1ccncn1)N1C[C@H]2CN(Cc3cccnc3)CCO[C@H]2C1. The van der Waals surface area contributed by atoms with Crippen molar-refractivity contribution < 1.29 is 9.53 Å². The Bertz CT molecular complexity index is 712. The van der Waals surface area contributed by atoms with Gasteiger partial charge in [0, 0.05) is 57.2 Å². The number of aromatic nitrogens is 3. The Balaban J connectivity index is 1.41. The number of carbonyl (C=O) groups is 1. The van der Waals surface area contributed by atoms with Crippen LogP contribution in [0.5, 0.6) is 0 Å². The van der Waals surface area contributed by atoms with Crippen LogP contribution in [0.15, 0.2) is 43.1 Å². The molecule has 2 aromatic heterocycles. The van der Waals surface area contributed by atoms with E-state index in [1.165, 1.54) is 11.9 Å². The van der Waals surface area contributed by atoms with E-state index in [2.05, 4.69) is 25.9 Å². The van der Waals surface area contributed by atoms with Gasteiger partial charge in [-0.15, -0.1) is 0 Å². The first-order valence-electron chi connectivity index (χ1n) is 8.58. The van der Waals surface area contributed by atoms with E-state index in [1.807, 2.05) is 17.2 Å². The van der Waals surface area contributed by atoms with Gasteiger partial charge in [0.15, 0.2) is 0 Å². The third-order valence-corrected chi connectivity index (χ3v) is 4.83. The highest BCUT2D eigenvalue weighted by Gasteiger charge is 2.38. The van der Waals surface area contributed by atoms with E-state index in [1.54, 1.807) is 18.5 Å². The van der Waals surface area contributed by atoms with Crippen LogP contribution in [0.1, 0.15) is 16.1 Å². The summed E-state index contributed by atoms with van der Waals surface area (Å²) in [5.41, 5.74) is 1.64. The van der Waals surface area contributed by atoms with Crippen molar-refractivity contribution in [2.75, 3.05) is 32.8 Å². The molecular weight excluding hydrogens is 318 g/mol. The summed E-state index contributed by atoms with van der Waals surface area (Å²) in [6, 6.07) is 5.71. The van der Waals surface area contributed by atoms with Crippen LogP contribution in [0.25, 0.3) is 0 Å². The van der Waals surface area contributed by atoms with Crippen LogP contribution >= 0.6 is 0 Å². The van der Waals surface area contributed by atoms with Gasteiger partial charge in [0.2, 0.25) is 0 Å². The second-order valence-corrected chi connectivity index (χ2v) is 6.57. The molecule has 0 aromatic carbocycles. The Morgan fingerprint density at radius 3 is 2.96 bits per heavy atom. The van der Waals surface area contributed by atoms with Crippen molar-refractivity contribution >= 4 is 5.91 Å². The van der Waals surface area contributed by atoms with Gasteiger partial charge in [-0.1, -0.05) is 6.07 Å². The number of hydrogen-bond acceptors (Lipinski definition) is 6. The zero-order chi connectivity index (χ0) is 17.1. The maximum atomic E-state index is 12.6. The lowest BCUT2D eigenvalue weighted by atomic mass is 10.1. The molecule has 0 unspecified atom stereocenters.